The fourth-order valence-electron chi connectivity index (χ4n) is 2.84. The molecule has 26 heavy (non-hydrogen) atoms. The van der Waals surface area contributed by atoms with Gasteiger partial charge in [-0.1, -0.05) is 25.5 Å². The van der Waals surface area contributed by atoms with Gasteiger partial charge >= 0.3 is 6.03 Å². The number of urea groups is 1. The van der Waals surface area contributed by atoms with Crippen LogP contribution in [0.1, 0.15) is 37.2 Å². The molecular weight excluding hydrogens is 330 g/mol. The SMILES string of the molecule is CCC[C@H](NC(=O)Nc1cccc(Cn2cncn2)c1)c1nccn1C. The molecule has 0 fully saturated rings. The summed E-state index contributed by atoms with van der Waals surface area (Å²) in [5.74, 6) is 0.849. The maximum absolute atomic E-state index is 12.4. The monoisotopic (exact) mass is 353 g/mol. The largest absolute Gasteiger partial charge is 0.336 e. The fourth-order valence-corrected chi connectivity index (χ4v) is 2.84. The van der Waals surface area contributed by atoms with Gasteiger partial charge in [0.05, 0.1) is 12.6 Å². The van der Waals surface area contributed by atoms with Gasteiger partial charge < -0.3 is 15.2 Å². The van der Waals surface area contributed by atoms with E-state index < -0.39 is 0 Å². The van der Waals surface area contributed by atoms with Gasteiger partial charge in [-0.15, -0.1) is 0 Å². The lowest BCUT2D eigenvalue weighted by Crippen LogP contribution is -2.33. The van der Waals surface area contributed by atoms with Gasteiger partial charge in [0.15, 0.2) is 0 Å². The van der Waals surface area contributed by atoms with Gasteiger partial charge in [-0.3, -0.25) is 0 Å². The van der Waals surface area contributed by atoms with Crippen LogP contribution in [0.25, 0.3) is 0 Å². The number of hydrogen-bond donors (Lipinski definition) is 2. The maximum Gasteiger partial charge on any atom is 0.319 e. The Morgan fingerprint density at radius 1 is 1.35 bits per heavy atom. The molecule has 3 aromatic rings. The quantitative estimate of drug-likeness (QED) is 0.683. The number of carbonyl (C=O) groups is 1. The molecule has 136 valence electrons. The summed E-state index contributed by atoms with van der Waals surface area (Å²) >= 11 is 0. The molecule has 0 saturated heterocycles. The number of nitrogens with one attached hydrogen (secondary N) is 2. The van der Waals surface area contributed by atoms with Crippen LogP contribution < -0.4 is 10.6 Å². The van der Waals surface area contributed by atoms with E-state index in [4.69, 9.17) is 0 Å². The van der Waals surface area contributed by atoms with Crippen molar-refractivity contribution in [3.63, 3.8) is 0 Å². The number of amides is 2. The number of carbonyl (C=O) groups excluding carboxylic acids is 1. The molecule has 2 heterocycles. The van der Waals surface area contributed by atoms with Crippen molar-refractivity contribution in [2.45, 2.75) is 32.4 Å². The molecule has 0 saturated carbocycles. The van der Waals surface area contributed by atoms with Crippen LogP contribution in [0.4, 0.5) is 10.5 Å². The Labute approximate surface area is 152 Å². The van der Waals surface area contributed by atoms with Gasteiger partial charge in [0.25, 0.3) is 0 Å². The molecular formula is C18H23N7O. The van der Waals surface area contributed by atoms with Gasteiger partial charge in [-0.25, -0.2) is 19.4 Å². The number of aryl methyl sites for hydroxylation is 1. The molecule has 8 heteroatoms. The van der Waals surface area contributed by atoms with E-state index in [0.29, 0.717) is 6.54 Å². The topological polar surface area (TPSA) is 89.7 Å². The van der Waals surface area contributed by atoms with E-state index in [1.807, 2.05) is 42.1 Å². The standard InChI is InChI=1S/C18H23N7O/c1-3-5-16(17-20-8-9-24(17)2)23-18(26)22-15-7-4-6-14(10-15)11-25-13-19-12-21-25/h4,6-10,12-13,16H,3,5,11H2,1-2H3,(H2,22,23,26)/t16-/m0/s1. The van der Waals surface area contributed by atoms with Crippen LogP contribution in [0.5, 0.6) is 0 Å². The summed E-state index contributed by atoms with van der Waals surface area (Å²) in [5, 5.41) is 10.0. The second-order valence-corrected chi connectivity index (χ2v) is 6.13. The summed E-state index contributed by atoms with van der Waals surface area (Å²) in [4.78, 5) is 20.7. The zero-order valence-corrected chi connectivity index (χ0v) is 15.0. The van der Waals surface area contributed by atoms with E-state index in [0.717, 1.165) is 29.9 Å². The van der Waals surface area contributed by atoms with Crippen molar-refractivity contribution in [2.75, 3.05) is 5.32 Å². The molecule has 0 spiro atoms. The first-order valence-electron chi connectivity index (χ1n) is 8.61. The minimum absolute atomic E-state index is 0.127. The number of hydrogen-bond acceptors (Lipinski definition) is 4. The fraction of sp³-hybridized carbons (Fsp3) is 0.333. The molecule has 8 nitrogen and oxygen atoms in total. The minimum atomic E-state index is -0.246. The first-order valence-corrected chi connectivity index (χ1v) is 8.61. The normalized spacial score (nSPS) is 11.9. The van der Waals surface area contributed by atoms with Crippen molar-refractivity contribution in [1.29, 1.82) is 0 Å². The number of nitrogens with zero attached hydrogens (tertiary/aromatic N) is 5. The van der Waals surface area contributed by atoms with E-state index >= 15 is 0 Å². The second kappa shape index (κ2) is 8.28. The molecule has 2 aromatic heterocycles. The van der Waals surface area contributed by atoms with E-state index in [1.54, 1.807) is 17.2 Å². The van der Waals surface area contributed by atoms with E-state index in [2.05, 4.69) is 32.6 Å². The third-order valence-corrected chi connectivity index (χ3v) is 4.05. The van der Waals surface area contributed by atoms with Crippen molar-refractivity contribution >= 4 is 11.7 Å². The summed E-state index contributed by atoms with van der Waals surface area (Å²) in [6.45, 7) is 2.69. The zero-order chi connectivity index (χ0) is 18.4. The number of aromatic nitrogens is 5. The van der Waals surface area contributed by atoms with Crippen molar-refractivity contribution in [3.05, 3.63) is 60.7 Å². The Kier molecular flexibility index (Phi) is 5.62. The van der Waals surface area contributed by atoms with Gasteiger partial charge in [-0.05, 0) is 24.1 Å². The first kappa shape index (κ1) is 17.7. The smallest absolute Gasteiger partial charge is 0.319 e. The minimum Gasteiger partial charge on any atom is -0.336 e. The Hall–Kier alpha value is -3.16. The molecule has 3 rings (SSSR count). The lowest BCUT2D eigenvalue weighted by molar-refractivity contribution is 0.247. The second-order valence-electron chi connectivity index (χ2n) is 6.13. The van der Waals surface area contributed by atoms with Crippen LogP contribution in [0.3, 0.4) is 0 Å². The van der Waals surface area contributed by atoms with Crippen molar-refractivity contribution in [3.8, 4) is 0 Å². The summed E-state index contributed by atoms with van der Waals surface area (Å²) < 4.78 is 3.66. The van der Waals surface area contributed by atoms with Gasteiger partial charge in [0, 0.05) is 25.1 Å². The van der Waals surface area contributed by atoms with Crippen LogP contribution in [0.15, 0.2) is 49.3 Å². The Morgan fingerprint density at radius 3 is 2.92 bits per heavy atom. The lowest BCUT2D eigenvalue weighted by Gasteiger charge is -2.18. The summed E-state index contributed by atoms with van der Waals surface area (Å²) in [6.07, 6.45) is 8.56. The highest BCUT2D eigenvalue weighted by Gasteiger charge is 2.17. The summed E-state index contributed by atoms with van der Waals surface area (Å²) in [7, 11) is 1.93. The molecule has 0 aliphatic rings. The van der Waals surface area contributed by atoms with Crippen LogP contribution in [0.2, 0.25) is 0 Å². The maximum atomic E-state index is 12.4. The molecule has 0 bridgehead atoms. The molecule has 1 atom stereocenters. The number of rotatable bonds is 7. The van der Waals surface area contributed by atoms with E-state index in [9.17, 15) is 4.79 Å². The summed E-state index contributed by atoms with van der Waals surface area (Å²) in [5.41, 5.74) is 1.76. The molecule has 0 radical (unpaired) electrons. The highest BCUT2D eigenvalue weighted by molar-refractivity contribution is 5.89. The Morgan fingerprint density at radius 2 is 2.23 bits per heavy atom. The van der Waals surface area contributed by atoms with Crippen molar-refractivity contribution in [2.24, 2.45) is 7.05 Å². The van der Waals surface area contributed by atoms with Gasteiger partial charge in [0.1, 0.15) is 18.5 Å². The Balaban J connectivity index is 1.64. The third-order valence-electron chi connectivity index (χ3n) is 4.05. The molecule has 1 aromatic carbocycles. The molecule has 0 unspecified atom stereocenters. The lowest BCUT2D eigenvalue weighted by atomic mass is 10.1. The van der Waals surface area contributed by atoms with Crippen LogP contribution in [-0.4, -0.2) is 30.3 Å². The molecule has 2 amide bonds. The third kappa shape index (κ3) is 4.47. The highest BCUT2D eigenvalue weighted by atomic mass is 16.2. The average Bonchev–Trinajstić information content (AvgIpc) is 3.26. The predicted octanol–water partition coefficient (Wildman–Crippen LogP) is 2.72. The van der Waals surface area contributed by atoms with Crippen molar-refractivity contribution < 1.29 is 4.79 Å². The highest BCUT2D eigenvalue weighted by Crippen LogP contribution is 2.17. The van der Waals surface area contributed by atoms with Crippen LogP contribution in [0, 0.1) is 0 Å². The molecule has 0 aliphatic carbocycles. The average molecular weight is 353 g/mol. The number of anilines is 1. The first-order chi connectivity index (χ1) is 12.7. The van der Waals surface area contributed by atoms with Gasteiger partial charge in [0.2, 0.25) is 0 Å². The molecule has 0 aliphatic heterocycles. The predicted molar refractivity (Wildman–Crippen MR) is 98.6 cm³/mol. The van der Waals surface area contributed by atoms with E-state index in [1.165, 1.54) is 6.33 Å². The Bertz CT molecular complexity index is 841. The molecule has 2 N–H and O–H groups in total. The van der Waals surface area contributed by atoms with Crippen LogP contribution in [-0.2, 0) is 13.6 Å². The summed E-state index contributed by atoms with van der Waals surface area (Å²) in [6, 6.07) is 7.31. The van der Waals surface area contributed by atoms with E-state index in [-0.39, 0.29) is 12.1 Å². The van der Waals surface area contributed by atoms with Gasteiger partial charge in [-0.2, -0.15) is 5.10 Å². The zero-order valence-electron chi connectivity index (χ0n) is 15.0. The van der Waals surface area contributed by atoms with Crippen molar-refractivity contribution in [1.82, 2.24) is 29.6 Å². The number of imidazole rings is 1. The van der Waals surface area contributed by atoms with Crippen LogP contribution >= 0.6 is 0 Å². The number of benzene rings is 1.